The smallest absolute Gasteiger partial charge is 0.254 e. The van der Waals surface area contributed by atoms with E-state index in [0.29, 0.717) is 23.9 Å². The molecule has 1 aromatic heterocycles. The molecule has 0 fully saturated rings. The van der Waals surface area contributed by atoms with Crippen LogP contribution < -0.4 is 5.32 Å². The first-order valence-corrected chi connectivity index (χ1v) is 12.4. The minimum absolute atomic E-state index is 0.0108. The third-order valence-corrected chi connectivity index (χ3v) is 6.70. The number of benzene rings is 2. The highest BCUT2D eigenvalue weighted by Gasteiger charge is 2.22. The molecule has 8 nitrogen and oxygen atoms in total. The van der Waals surface area contributed by atoms with Gasteiger partial charge in [-0.15, -0.1) is 11.3 Å². The summed E-state index contributed by atoms with van der Waals surface area (Å²) in [6, 6.07) is 13.3. The van der Waals surface area contributed by atoms with Gasteiger partial charge in [0, 0.05) is 37.7 Å². The quantitative estimate of drug-likeness (QED) is 0.478. The van der Waals surface area contributed by atoms with Crippen LogP contribution in [0.15, 0.2) is 53.9 Å². The topological polar surface area (TPSA) is 91.8 Å². The third-order valence-electron chi connectivity index (χ3n) is 5.89. The van der Waals surface area contributed by atoms with Crippen molar-refractivity contribution >= 4 is 34.2 Å². The number of thiazole rings is 1. The van der Waals surface area contributed by atoms with Gasteiger partial charge in [0.05, 0.1) is 18.7 Å². The van der Waals surface area contributed by atoms with Crippen molar-refractivity contribution in [2.45, 2.75) is 19.4 Å². The summed E-state index contributed by atoms with van der Waals surface area (Å²) < 4.78 is 18.3. The van der Waals surface area contributed by atoms with Crippen LogP contribution >= 0.6 is 11.3 Å². The Balaban J connectivity index is 1.32. The fraction of sp³-hybridized carbons (Fsp3) is 0.308. The standard InChI is InChI=1S/C26H27FN4O4S/c1-35-13-12-31(25(34)19-6-8-21(27)9-7-19)16-23(32)29-26-28-22(17-36-26)14-24(33)30-11-10-18-4-2-3-5-20(18)15-30/h2-9,17H,10-16H2,1H3,(H,28,29,32). The van der Waals surface area contributed by atoms with Gasteiger partial charge in [0.15, 0.2) is 5.13 Å². The molecule has 0 atom stereocenters. The highest BCUT2D eigenvalue weighted by Crippen LogP contribution is 2.21. The van der Waals surface area contributed by atoms with Crippen molar-refractivity contribution < 1.29 is 23.5 Å². The first kappa shape index (κ1) is 25.5. The molecular weight excluding hydrogens is 483 g/mol. The number of anilines is 1. The second-order valence-corrected chi connectivity index (χ2v) is 9.29. The average Bonchev–Trinajstić information content (AvgIpc) is 3.32. The van der Waals surface area contributed by atoms with E-state index < -0.39 is 17.6 Å². The lowest BCUT2D eigenvalue weighted by Gasteiger charge is -2.28. The molecule has 4 rings (SSSR count). The minimum atomic E-state index is -0.448. The highest BCUT2D eigenvalue weighted by atomic mass is 32.1. The van der Waals surface area contributed by atoms with Gasteiger partial charge in [-0.05, 0) is 41.8 Å². The normalized spacial score (nSPS) is 12.7. The Morgan fingerprint density at radius 2 is 1.89 bits per heavy atom. The Morgan fingerprint density at radius 1 is 1.14 bits per heavy atom. The molecule has 2 aromatic carbocycles. The largest absolute Gasteiger partial charge is 0.383 e. The molecule has 10 heteroatoms. The highest BCUT2D eigenvalue weighted by molar-refractivity contribution is 7.13. The van der Waals surface area contributed by atoms with Crippen LogP contribution in [-0.2, 0) is 33.7 Å². The van der Waals surface area contributed by atoms with Gasteiger partial charge in [-0.1, -0.05) is 24.3 Å². The minimum Gasteiger partial charge on any atom is -0.383 e. The van der Waals surface area contributed by atoms with Crippen molar-refractivity contribution in [1.82, 2.24) is 14.8 Å². The summed E-state index contributed by atoms with van der Waals surface area (Å²) in [7, 11) is 1.50. The second kappa shape index (κ2) is 11.9. The van der Waals surface area contributed by atoms with Crippen LogP contribution in [0.25, 0.3) is 0 Å². The Kier molecular flexibility index (Phi) is 8.40. The van der Waals surface area contributed by atoms with E-state index >= 15 is 0 Å². The molecule has 1 aliphatic heterocycles. The molecule has 0 aliphatic carbocycles. The maximum atomic E-state index is 13.2. The molecule has 36 heavy (non-hydrogen) atoms. The van der Waals surface area contributed by atoms with Crippen molar-refractivity contribution in [2.75, 3.05) is 38.7 Å². The van der Waals surface area contributed by atoms with E-state index in [0.717, 1.165) is 12.0 Å². The Hall–Kier alpha value is -3.63. The van der Waals surface area contributed by atoms with E-state index in [-0.39, 0.29) is 37.6 Å². The monoisotopic (exact) mass is 510 g/mol. The number of amides is 3. The van der Waals surface area contributed by atoms with E-state index in [9.17, 15) is 18.8 Å². The summed E-state index contributed by atoms with van der Waals surface area (Å²) in [5, 5.41) is 4.80. The average molecular weight is 511 g/mol. The number of nitrogens with one attached hydrogen (secondary N) is 1. The van der Waals surface area contributed by atoms with Crippen molar-refractivity contribution in [3.05, 3.63) is 82.1 Å². The van der Waals surface area contributed by atoms with Gasteiger partial charge in [0.25, 0.3) is 5.91 Å². The molecule has 3 amide bonds. The molecular formula is C26H27FN4O4S. The number of halogens is 1. The number of nitrogens with zero attached hydrogens (tertiary/aromatic N) is 3. The second-order valence-electron chi connectivity index (χ2n) is 8.43. The maximum Gasteiger partial charge on any atom is 0.254 e. The lowest BCUT2D eigenvalue weighted by molar-refractivity contribution is -0.131. The molecule has 0 radical (unpaired) electrons. The summed E-state index contributed by atoms with van der Waals surface area (Å²) in [5.74, 6) is -1.30. The van der Waals surface area contributed by atoms with Gasteiger partial charge in [0.2, 0.25) is 11.8 Å². The zero-order chi connectivity index (χ0) is 25.5. The molecule has 0 bridgehead atoms. The molecule has 188 valence electrons. The number of ether oxygens (including phenoxy) is 1. The summed E-state index contributed by atoms with van der Waals surface area (Å²) in [6.45, 7) is 1.47. The van der Waals surface area contributed by atoms with Crippen LogP contribution in [0.1, 0.15) is 27.2 Å². The molecule has 0 unspecified atom stereocenters. The first-order chi connectivity index (χ1) is 17.4. The van der Waals surface area contributed by atoms with Gasteiger partial charge in [-0.25, -0.2) is 9.37 Å². The maximum absolute atomic E-state index is 13.2. The van der Waals surface area contributed by atoms with Crippen LogP contribution in [0.5, 0.6) is 0 Å². The number of carbonyl (C=O) groups excluding carboxylic acids is 3. The zero-order valence-corrected chi connectivity index (χ0v) is 20.7. The number of hydrogen-bond acceptors (Lipinski definition) is 6. The predicted octanol–water partition coefficient (Wildman–Crippen LogP) is 3.14. The summed E-state index contributed by atoms with van der Waals surface area (Å²) >= 11 is 1.22. The van der Waals surface area contributed by atoms with Crippen molar-refractivity contribution in [3.63, 3.8) is 0 Å². The Labute approximate surface area is 212 Å². The van der Waals surface area contributed by atoms with E-state index in [1.165, 1.54) is 53.2 Å². The van der Waals surface area contributed by atoms with Gasteiger partial charge in [-0.2, -0.15) is 0 Å². The van der Waals surface area contributed by atoms with E-state index in [2.05, 4.69) is 16.4 Å². The number of fused-ring (bicyclic) bond motifs is 1. The van der Waals surface area contributed by atoms with Crippen molar-refractivity contribution in [1.29, 1.82) is 0 Å². The van der Waals surface area contributed by atoms with Gasteiger partial charge < -0.3 is 19.9 Å². The lowest BCUT2D eigenvalue weighted by Crippen LogP contribution is -2.40. The van der Waals surface area contributed by atoms with Crippen molar-refractivity contribution in [2.24, 2.45) is 0 Å². The number of methoxy groups -OCH3 is 1. The Morgan fingerprint density at radius 3 is 2.64 bits per heavy atom. The zero-order valence-electron chi connectivity index (χ0n) is 19.9. The first-order valence-electron chi connectivity index (χ1n) is 11.6. The fourth-order valence-corrected chi connectivity index (χ4v) is 4.71. The van der Waals surface area contributed by atoms with Crippen LogP contribution in [0.2, 0.25) is 0 Å². The SMILES string of the molecule is COCCN(CC(=O)Nc1nc(CC(=O)N2CCc3ccccc3C2)cs1)C(=O)c1ccc(F)cc1. The predicted molar refractivity (Wildman–Crippen MR) is 134 cm³/mol. The Bertz CT molecular complexity index is 1230. The number of hydrogen-bond donors (Lipinski definition) is 1. The van der Waals surface area contributed by atoms with Gasteiger partial charge in [0.1, 0.15) is 12.4 Å². The van der Waals surface area contributed by atoms with E-state index in [4.69, 9.17) is 4.74 Å². The van der Waals surface area contributed by atoms with E-state index in [1.807, 2.05) is 23.1 Å². The van der Waals surface area contributed by atoms with Gasteiger partial charge >= 0.3 is 0 Å². The molecule has 1 aliphatic rings. The summed E-state index contributed by atoms with van der Waals surface area (Å²) in [4.78, 5) is 45.8. The van der Waals surface area contributed by atoms with Crippen LogP contribution in [0, 0.1) is 5.82 Å². The fourth-order valence-electron chi connectivity index (χ4n) is 3.98. The van der Waals surface area contributed by atoms with Crippen molar-refractivity contribution in [3.8, 4) is 0 Å². The number of aromatic nitrogens is 1. The van der Waals surface area contributed by atoms with E-state index in [1.54, 1.807) is 5.38 Å². The molecule has 0 saturated heterocycles. The molecule has 3 aromatic rings. The summed E-state index contributed by atoms with van der Waals surface area (Å²) in [5.41, 5.74) is 3.29. The number of rotatable bonds is 9. The molecule has 0 saturated carbocycles. The summed E-state index contributed by atoms with van der Waals surface area (Å²) in [6.07, 6.45) is 0.980. The van der Waals surface area contributed by atoms with Crippen LogP contribution in [0.4, 0.5) is 9.52 Å². The van der Waals surface area contributed by atoms with Crippen LogP contribution in [0.3, 0.4) is 0 Å². The lowest BCUT2D eigenvalue weighted by atomic mass is 10.00. The third kappa shape index (κ3) is 6.52. The number of carbonyl (C=O) groups is 3. The molecule has 1 N–H and O–H groups in total. The molecule has 0 spiro atoms. The van der Waals surface area contributed by atoms with Gasteiger partial charge in [-0.3, -0.25) is 14.4 Å². The molecule has 2 heterocycles. The van der Waals surface area contributed by atoms with Crippen LogP contribution in [-0.4, -0.2) is 65.9 Å².